The highest BCUT2D eigenvalue weighted by molar-refractivity contribution is 5.24. The number of halogens is 4. The molecule has 0 radical (unpaired) electrons. The van der Waals surface area contributed by atoms with Crippen molar-refractivity contribution in [2.75, 3.05) is 0 Å². The van der Waals surface area contributed by atoms with Crippen molar-refractivity contribution in [2.45, 2.75) is 57.2 Å². The maximum Gasteiger partial charge on any atom is 0.416 e. The first kappa shape index (κ1) is 17.7. The van der Waals surface area contributed by atoms with Crippen molar-refractivity contribution in [3.05, 3.63) is 35.4 Å². The molecule has 0 N–H and O–H groups in total. The van der Waals surface area contributed by atoms with Crippen molar-refractivity contribution in [3.63, 3.8) is 0 Å². The van der Waals surface area contributed by atoms with Crippen LogP contribution < -0.4 is 0 Å². The van der Waals surface area contributed by atoms with Gasteiger partial charge >= 0.3 is 6.18 Å². The minimum Gasteiger partial charge on any atom is -0.374 e. The van der Waals surface area contributed by atoms with Gasteiger partial charge in [-0.2, -0.15) is 18.4 Å². The van der Waals surface area contributed by atoms with Crippen molar-refractivity contribution < 1.29 is 22.3 Å². The fourth-order valence-electron chi connectivity index (χ4n) is 2.88. The van der Waals surface area contributed by atoms with Gasteiger partial charge in [-0.1, -0.05) is 12.1 Å². The molecule has 1 atom stereocenters. The summed E-state index contributed by atoms with van der Waals surface area (Å²) in [4.78, 5) is 0. The Hall–Kier alpha value is -1.61. The smallest absolute Gasteiger partial charge is 0.374 e. The first-order chi connectivity index (χ1) is 10.9. The Bertz CT molecular complexity index is 527. The lowest BCUT2D eigenvalue weighted by Gasteiger charge is -2.28. The molecule has 1 unspecified atom stereocenters. The topological polar surface area (TPSA) is 33.0 Å². The summed E-state index contributed by atoms with van der Waals surface area (Å²) < 4.78 is 56.2. The van der Waals surface area contributed by atoms with Crippen molar-refractivity contribution >= 4 is 0 Å². The molecule has 2 nitrogen and oxygen atoms in total. The van der Waals surface area contributed by atoms with Gasteiger partial charge in [0.25, 0.3) is 0 Å². The van der Waals surface area contributed by atoms with Crippen LogP contribution >= 0.6 is 0 Å². The lowest BCUT2D eigenvalue weighted by atomic mass is 9.84. The van der Waals surface area contributed by atoms with E-state index in [0.29, 0.717) is 5.56 Å². The monoisotopic (exact) mass is 329 g/mol. The molecule has 126 valence electrons. The van der Waals surface area contributed by atoms with Crippen LogP contribution in [0.2, 0.25) is 0 Å². The fourth-order valence-corrected chi connectivity index (χ4v) is 2.88. The Balaban J connectivity index is 1.74. The summed E-state index contributed by atoms with van der Waals surface area (Å²) in [6.07, 6.45) is -2.16. The summed E-state index contributed by atoms with van der Waals surface area (Å²) >= 11 is 0. The van der Waals surface area contributed by atoms with E-state index >= 15 is 0 Å². The molecule has 0 aliphatic heterocycles. The van der Waals surface area contributed by atoms with Gasteiger partial charge in [-0.05, 0) is 55.7 Å². The average Bonchev–Trinajstić information content (AvgIpc) is 2.53. The number of nitrogens with zero attached hydrogens (tertiary/aromatic N) is 1. The molecule has 1 fully saturated rings. The van der Waals surface area contributed by atoms with E-state index in [4.69, 9.17) is 10.00 Å². The predicted molar refractivity (Wildman–Crippen MR) is 77.1 cm³/mol. The number of ether oxygens (including phenoxy) is 1. The SMILES string of the molecule is N#CC(F)CC1CCC(OCc2ccc(C(F)(F)F)cc2)CC1. The van der Waals surface area contributed by atoms with Crippen molar-refractivity contribution in [1.29, 1.82) is 5.26 Å². The van der Waals surface area contributed by atoms with Crippen LogP contribution in [0, 0.1) is 17.2 Å². The number of alkyl halides is 4. The molecular formula is C17H19F4NO. The minimum atomic E-state index is -4.32. The molecule has 1 aromatic rings. The first-order valence-corrected chi connectivity index (χ1v) is 7.70. The maximum absolute atomic E-state index is 13.0. The van der Waals surface area contributed by atoms with E-state index in [0.717, 1.165) is 37.8 Å². The molecule has 1 saturated carbocycles. The highest BCUT2D eigenvalue weighted by Crippen LogP contribution is 2.31. The van der Waals surface area contributed by atoms with Crippen LogP contribution in [-0.2, 0) is 17.5 Å². The highest BCUT2D eigenvalue weighted by Gasteiger charge is 2.30. The Morgan fingerprint density at radius 1 is 1.13 bits per heavy atom. The van der Waals surface area contributed by atoms with Crippen LogP contribution in [0.15, 0.2) is 24.3 Å². The molecule has 6 heteroatoms. The Kier molecular flexibility index (Phi) is 6.00. The Morgan fingerprint density at radius 3 is 2.26 bits per heavy atom. The van der Waals surface area contributed by atoms with Crippen molar-refractivity contribution in [2.24, 2.45) is 5.92 Å². The zero-order valence-corrected chi connectivity index (χ0v) is 12.7. The lowest BCUT2D eigenvalue weighted by Crippen LogP contribution is -2.23. The summed E-state index contributed by atoms with van der Waals surface area (Å²) in [5, 5.41) is 8.48. The Labute approximate surface area is 133 Å². The van der Waals surface area contributed by atoms with E-state index in [1.807, 2.05) is 0 Å². The lowest BCUT2D eigenvalue weighted by molar-refractivity contribution is -0.137. The van der Waals surface area contributed by atoms with E-state index in [2.05, 4.69) is 0 Å². The predicted octanol–water partition coefficient (Wildman–Crippen LogP) is 5.03. The van der Waals surface area contributed by atoms with Gasteiger partial charge in [0.2, 0.25) is 0 Å². The standard InChI is InChI=1S/C17H19F4NO/c18-15(10-22)9-12-3-7-16(8-4-12)23-11-13-1-5-14(6-2-13)17(19,20)21/h1-2,5-6,12,15-16H,3-4,7-9,11H2. The molecule has 1 aromatic carbocycles. The number of benzene rings is 1. The third kappa shape index (κ3) is 5.51. The van der Waals surface area contributed by atoms with E-state index < -0.39 is 17.9 Å². The second-order valence-corrected chi connectivity index (χ2v) is 5.98. The number of hydrogen-bond donors (Lipinski definition) is 0. The fraction of sp³-hybridized carbons (Fsp3) is 0.588. The number of hydrogen-bond acceptors (Lipinski definition) is 2. The third-order valence-corrected chi connectivity index (χ3v) is 4.24. The van der Waals surface area contributed by atoms with Crippen molar-refractivity contribution in [3.8, 4) is 6.07 Å². The third-order valence-electron chi connectivity index (χ3n) is 4.24. The summed E-state index contributed by atoms with van der Waals surface area (Å²) in [7, 11) is 0. The molecule has 23 heavy (non-hydrogen) atoms. The molecule has 0 saturated heterocycles. The first-order valence-electron chi connectivity index (χ1n) is 7.70. The van der Waals surface area contributed by atoms with Gasteiger partial charge in [-0.3, -0.25) is 0 Å². The molecular weight excluding hydrogens is 310 g/mol. The van der Waals surface area contributed by atoms with Gasteiger partial charge in [0.1, 0.15) is 0 Å². The normalized spacial score (nSPS) is 23.3. The van der Waals surface area contributed by atoms with Gasteiger partial charge in [0.15, 0.2) is 6.17 Å². The van der Waals surface area contributed by atoms with Crippen LogP contribution in [-0.4, -0.2) is 12.3 Å². The van der Waals surface area contributed by atoms with Crippen LogP contribution in [0.5, 0.6) is 0 Å². The number of nitriles is 1. The van der Waals surface area contributed by atoms with Gasteiger partial charge in [0, 0.05) is 0 Å². The van der Waals surface area contributed by atoms with E-state index in [1.165, 1.54) is 12.1 Å². The van der Waals surface area contributed by atoms with Crippen LogP contribution in [0.25, 0.3) is 0 Å². The largest absolute Gasteiger partial charge is 0.416 e. The van der Waals surface area contributed by atoms with E-state index in [9.17, 15) is 17.6 Å². The second-order valence-electron chi connectivity index (χ2n) is 5.98. The molecule has 0 spiro atoms. The molecule has 0 aromatic heterocycles. The minimum absolute atomic E-state index is 0.0497. The van der Waals surface area contributed by atoms with Crippen molar-refractivity contribution in [1.82, 2.24) is 0 Å². The molecule has 0 amide bonds. The molecule has 1 aliphatic carbocycles. The summed E-state index contributed by atoms with van der Waals surface area (Å²) in [6.45, 7) is 0.275. The second kappa shape index (κ2) is 7.78. The zero-order valence-electron chi connectivity index (χ0n) is 12.7. The zero-order chi connectivity index (χ0) is 16.9. The van der Waals surface area contributed by atoms with Gasteiger partial charge < -0.3 is 4.74 Å². The summed E-state index contributed by atoms with van der Waals surface area (Å²) in [5.41, 5.74) is 0.0356. The van der Waals surface area contributed by atoms with Crippen LogP contribution in [0.4, 0.5) is 17.6 Å². The molecule has 2 rings (SSSR count). The highest BCUT2D eigenvalue weighted by atomic mass is 19.4. The molecule has 1 aliphatic rings. The van der Waals surface area contributed by atoms with Gasteiger partial charge in [-0.25, -0.2) is 4.39 Å². The van der Waals surface area contributed by atoms with Gasteiger partial charge in [0.05, 0.1) is 24.3 Å². The maximum atomic E-state index is 13.0. The number of rotatable bonds is 5. The van der Waals surface area contributed by atoms with E-state index in [-0.39, 0.29) is 25.0 Å². The van der Waals surface area contributed by atoms with Crippen LogP contribution in [0.1, 0.15) is 43.2 Å². The van der Waals surface area contributed by atoms with Gasteiger partial charge in [-0.15, -0.1) is 0 Å². The summed E-state index contributed by atoms with van der Waals surface area (Å²) in [6, 6.07) is 6.57. The quantitative estimate of drug-likeness (QED) is 0.710. The summed E-state index contributed by atoms with van der Waals surface area (Å²) in [5.74, 6) is 0.218. The Morgan fingerprint density at radius 2 is 1.74 bits per heavy atom. The average molecular weight is 329 g/mol. The molecule has 0 heterocycles. The van der Waals surface area contributed by atoms with Crippen LogP contribution in [0.3, 0.4) is 0 Å². The van der Waals surface area contributed by atoms with E-state index in [1.54, 1.807) is 6.07 Å². The molecule has 0 bridgehead atoms.